The van der Waals surface area contributed by atoms with Crippen LogP contribution >= 0.6 is 0 Å². The summed E-state index contributed by atoms with van der Waals surface area (Å²) in [6.45, 7) is 1.71. The van der Waals surface area contributed by atoms with Gasteiger partial charge in [0.1, 0.15) is 6.10 Å². The first-order chi connectivity index (χ1) is 12.7. The van der Waals surface area contributed by atoms with Crippen molar-refractivity contribution in [3.63, 3.8) is 0 Å². The minimum Gasteiger partial charge on any atom is -0.493 e. The number of nitrogens with one attached hydrogen (secondary N) is 1. The van der Waals surface area contributed by atoms with Gasteiger partial charge in [0.2, 0.25) is 0 Å². The van der Waals surface area contributed by atoms with Crippen molar-refractivity contribution < 1.29 is 33.7 Å². The highest BCUT2D eigenvalue weighted by Crippen LogP contribution is 2.35. The fraction of sp³-hybridized carbons (Fsp3) is 0.500. The molecule has 1 fully saturated rings. The Balaban J connectivity index is 2.32. The smallest absolute Gasteiger partial charge is 0.333 e. The lowest BCUT2D eigenvalue weighted by Gasteiger charge is -2.19. The summed E-state index contributed by atoms with van der Waals surface area (Å²) in [6.07, 6.45) is -1.68. The molecule has 148 valence electrons. The number of benzene rings is 1. The maximum absolute atomic E-state index is 12.6. The number of aliphatic carboxylic acids is 1. The van der Waals surface area contributed by atoms with Crippen LogP contribution in [0.1, 0.15) is 23.7 Å². The van der Waals surface area contributed by atoms with E-state index in [0.717, 1.165) is 0 Å². The molecule has 1 aliphatic heterocycles. The van der Waals surface area contributed by atoms with E-state index in [1.54, 1.807) is 21.0 Å². The molecule has 27 heavy (non-hydrogen) atoms. The number of carbonyl (C=O) groups excluding carboxylic acids is 2. The average molecular weight is 380 g/mol. The van der Waals surface area contributed by atoms with Gasteiger partial charge in [-0.3, -0.25) is 9.59 Å². The van der Waals surface area contributed by atoms with Gasteiger partial charge in [0, 0.05) is 20.2 Å². The molecule has 0 aromatic heterocycles. The molecule has 0 aliphatic carbocycles. The van der Waals surface area contributed by atoms with Crippen LogP contribution in [0, 0.1) is 5.92 Å². The molecule has 9 nitrogen and oxygen atoms in total. The van der Waals surface area contributed by atoms with Gasteiger partial charge in [0.15, 0.2) is 17.6 Å². The Morgan fingerprint density at radius 2 is 1.78 bits per heavy atom. The first-order valence-corrected chi connectivity index (χ1v) is 8.36. The minimum absolute atomic E-state index is 0.215. The van der Waals surface area contributed by atoms with Crippen LogP contribution in [-0.2, 0) is 14.3 Å². The van der Waals surface area contributed by atoms with Crippen LogP contribution in [0.15, 0.2) is 12.1 Å². The lowest BCUT2D eigenvalue weighted by molar-refractivity contribution is -0.152. The van der Waals surface area contributed by atoms with Gasteiger partial charge in [0.05, 0.1) is 25.5 Å². The summed E-state index contributed by atoms with van der Waals surface area (Å²) in [5.41, 5.74) is 0.443. The normalized spacial score (nSPS) is 21.4. The molecular formula is C18H24N2O7. The third-order valence-electron chi connectivity index (χ3n) is 4.37. The minimum atomic E-state index is -1.10. The third-order valence-corrected chi connectivity index (χ3v) is 4.37. The summed E-state index contributed by atoms with van der Waals surface area (Å²) in [4.78, 5) is 37.6. The highest BCUT2D eigenvalue weighted by Gasteiger charge is 2.40. The van der Waals surface area contributed by atoms with Crippen molar-refractivity contribution in [3.8, 4) is 11.5 Å². The van der Waals surface area contributed by atoms with E-state index in [2.05, 4.69) is 5.32 Å². The summed E-state index contributed by atoms with van der Waals surface area (Å²) in [7, 11) is 6.06. The molecule has 1 aromatic carbocycles. The quantitative estimate of drug-likeness (QED) is 0.763. The number of ether oxygens (including phenoxy) is 3. The van der Waals surface area contributed by atoms with Crippen LogP contribution in [0.5, 0.6) is 11.5 Å². The molecule has 9 heteroatoms. The Bertz CT molecular complexity index is 747. The number of hydrogen-bond donors (Lipinski definition) is 2. The number of methoxy groups -OCH3 is 2. The van der Waals surface area contributed by atoms with Crippen LogP contribution in [-0.4, -0.2) is 68.3 Å². The number of hydrogen-bond acceptors (Lipinski definition) is 6. The van der Waals surface area contributed by atoms with Crippen LogP contribution in [0.2, 0.25) is 0 Å². The number of nitrogens with zero attached hydrogens (tertiary/aromatic N) is 1. The maximum Gasteiger partial charge on any atom is 0.333 e. The lowest BCUT2D eigenvalue weighted by Crippen LogP contribution is -2.31. The number of rotatable bonds is 6. The second-order valence-electron chi connectivity index (χ2n) is 6.54. The molecule has 0 spiro atoms. The number of anilines is 1. The maximum atomic E-state index is 12.6. The predicted molar refractivity (Wildman–Crippen MR) is 96.3 cm³/mol. The van der Waals surface area contributed by atoms with E-state index in [1.807, 2.05) is 0 Å². The van der Waals surface area contributed by atoms with Gasteiger partial charge < -0.3 is 29.5 Å². The van der Waals surface area contributed by atoms with E-state index in [0.29, 0.717) is 11.5 Å². The zero-order valence-electron chi connectivity index (χ0n) is 15.9. The molecule has 3 atom stereocenters. The van der Waals surface area contributed by atoms with Gasteiger partial charge in [-0.2, -0.15) is 0 Å². The molecule has 1 aliphatic rings. The lowest BCUT2D eigenvalue weighted by atomic mass is 10.0. The monoisotopic (exact) mass is 380 g/mol. The first kappa shape index (κ1) is 20.5. The van der Waals surface area contributed by atoms with Gasteiger partial charge in [-0.25, -0.2) is 4.79 Å². The highest BCUT2D eigenvalue weighted by molar-refractivity contribution is 6.05. The molecule has 2 rings (SSSR count). The molecule has 1 heterocycles. The molecule has 1 saturated heterocycles. The zero-order valence-corrected chi connectivity index (χ0v) is 15.9. The predicted octanol–water partition coefficient (Wildman–Crippen LogP) is 1.22. The Morgan fingerprint density at radius 1 is 1.19 bits per heavy atom. The molecule has 1 aromatic rings. The fourth-order valence-electron chi connectivity index (χ4n) is 2.91. The fourth-order valence-corrected chi connectivity index (χ4v) is 2.91. The largest absolute Gasteiger partial charge is 0.493 e. The van der Waals surface area contributed by atoms with Crippen molar-refractivity contribution in [2.45, 2.75) is 25.6 Å². The summed E-state index contributed by atoms with van der Waals surface area (Å²) >= 11 is 0. The molecule has 0 saturated carbocycles. The summed E-state index contributed by atoms with van der Waals surface area (Å²) in [6, 6.07) is 2.97. The second-order valence-corrected chi connectivity index (χ2v) is 6.54. The topological polar surface area (TPSA) is 114 Å². The highest BCUT2D eigenvalue weighted by atomic mass is 16.5. The van der Waals surface area contributed by atoms with Crippen molar-refractivity contribution in [3.05, 3.63) is 17.7 Å². The van der Waals surface area contributed by atoms with Crippen molar-refractivity contribution >= 4 is 23.5 Å². The summed E-state index contributed by atoms with van der Waals surface area (Å²) in [5, 5.41) is 11.8. The van der Waals surface area contributed by atoms with Gasteiger partial charge in [-0.15, -0.1) is 0 Å². The van der Waals surface area contributed by atoms with Crippen LogP contribution < -0.4 is 14.8 Å². The van der Waals surface area contributed by atoms with Gasteiger partial charge >= 0.3 is 5.97 Å². The van der Waals surface area contributed by atoms with Gasteiger partial charge in [0.25, 0.3) is 11.8 Å². The van der Waals surface area contributed by atoms with Crippen molar-refractivity contribution in [2.75, 3.05) is 33.6 Å². The number of carboxylic acid groups (broad SMARTS) is 1. The summed E-state index contributed by atoms with van der Waals surface area (Å²) in [5.74, 6) is -1.58. The van der Waals surface area contributed by atoms with E-state index in [-0.39, 0.29) is 29.5 Å². The van der Waals surface area contributed by atoms with Crippen molar-refractivity contribution in [1.29, 1.82) is 0 Å². The molecule has 2 N–H and O–H groups in total. The zero-order chi connectivity index (χ0) is 20.3. The second kappa shape index (κ2) is 8.26. The van der Waals surface area contributed by atoms with Crippen LogP contribution in [0.3, 0.4) is 0 Å². The Hall–Kier alpha value is -2.81. The van der Waals surface area contributed by atoms with Gasteiger partial charge in [-0.1, -0.05) is 6.92 Å². The number of carboxylic acids is 1. The van der Waals surface area contributed by atoms with Crippen molar-refractivity contribution in [1.82, 2.24) is 4.90 Å². The van der Waals surface area contributed by atoms with E-state index in [4.69, 9.17) is 19.3 Å². The van der Waals surface area contributed by atoms with E-state index in [9.17, 15) is 14.4 Å². The molecule has 0 radical (unpaired) electrons. The van der Waals surface area contributed by atoms with Gasteiger partial charge in [-0.05, 0) is 18.4 Å². The molecular weight excluding hydrogens is 356 g/mol. The molecule has 0 unspecified atom stereocenters. The molecule has 0 bridgehead atoms. The van der Waals surface area contributed by atoms with Crippen LogP contribution in [0.4, 0.5) is 5.69 Å². The first-order valence-electron chi connectivity index (χ1n) is 8.36. The summed E-state index contributed by atoms with van der Waals surface area (Å²) < 4.78 is 15.8. The van der Waals surface area contributed by atoms with E-state index in [1.165, 1.54) is 31.3 Å². The Morgan fingerprint density at radius 3 is 2.26 bits per heavy atom. The van der Waals surface area contributed by atoms with E-state index >= 15 is 0 Å². The van der Waals surface area contributed by atoms with Crippen molar-refractivity contribution in [2.24, 2.45) is 5.92 Å². The number of amides is 2. The Kier molecular flexibility index (Phi) is 6.27. The Labute approximate surface area is 157 Å². The molecule has 2 amide bonds. The average Bonchev–Trinajstić information content (AvgIpc) is 3.02. The number of carbonyl (C=O) groups is 3. The van der Waals surface area contributed by atoms with E-state index < -0.39 is 24.1 Å². The standard InChI is InChI=1S/C18H24N2O7/c1-9-6-14(27-15(9)18(23)24)16(21)19-11-8-13(26-5)12(25-4)7-10(11)17(22)20(2)3/h7-9,14-15H,6H2,1-5H3,(H,19,21)(H,23,24)/t9-,14-,15-/m0/s1. The SMILES string of the molecule is COc1cc(NC(=O)[C@@H]2C[C@H](C)[C@@H](C(=O)O)O2)c(C(=O)N(C)C)cc1OC. The third kappa shape index (κ3) is 4.30. The van der Waals surface area contributed by atoms with Crippen LogP contribution in [0.25, 0.3) is 0 Å².